The Balaban J connectivity index is -0.00000000145. The van der Waals surface area contributed by atoms with Crippen LogP contribution in [0.5, 0.6) is 0 Å². The van der Waals surface area contributed by atoms with E-state index in [0.717, 1.165) is 0 Å². The summed E-state index contributed by atoms with van der Waals surface area (Å²) in [6.07, 6.45) is 0. The zero-order valence-corrected chi connectivity index (χ0v) is 9.32. The predicted octanol–water partition coefficient (Wildman–Crippen LogP) is -9.59. The third kappa shape index (κ3) is 21300000. The van der Waals surface area contributed by atoms with Crippen LogP contribution in [0.25, 0.3) is 0 Å². The van der Waals surface area contributed by atoms with Crippen LogP contribution in [0.1, 0.15) is 0 Å². The number of rotatable bonds is 0. The van der Waals surface area contributed by atoms with Crippen molar-refractivity contribution < 1.29 is 89.4 Å². The maximum Gasteiger partial charge on any atom is 2.00 e. The summed E-state index contributed by atoms with van der Waals surface area (Å²) in [5.41, 5.74) is 0. The predicted molar refractivity (Wildman–Crippen MR) is 46.6 cm³/mol. The molecule has 0 atom stereocenters. The van der Waals surface area contributed by atoms with Gasteiger partial charge in [-0.25, -0.2) is 0 Å². The number of hydrogen-bond donors (Lipinski definition) is 0. The van der Waals surface area contributed by atoms with E-state index in [0.29, 0.717) is 0 Å². The van der Waals surface area contributed by atoms with Crippen molar-refractivity contribution in [2.24, 2.45) is 0 Å². The summed E-state index contributed by atoms with van der Waals surface area (Å²) < 4.78 is 34.1. The molecular formula is H20FeO14S. The van der Waals surface area contributed by atoms with E-state index in [4.69, 9.17) is 17.5 Å². The smallest absolute Gasteiger partial charge is 0.759 e. The minimum Gasteiger partial charge on any atom is -0.759 e. The molecule has 0 aliphatic rings. The molecule has 0 aliphatic carbocycles. The molecule has 0 aromatic carbocycles. The third-order valence-electron chi connectivity index (χ3n) is 0. The Kier molecular flexibility index (Phi) is 1150. The van der Waals surface area contributed by atoms with E-state index in [1.54, 1.807) is 0 Å². The van der Waals surface area contributed by atoms with E-state index in [-0.39, 0.29) is 71.8 Å². The van der Waals surface area contributed by atoms with Crippen molar-refractivity contribution >= 4 is 10.4 Å². The average Bonchev–Trinajstić information content (AvgIpc) is 0.722. The van der Waals surface area contributed by atoms with Crippen LogP contribution >= 0.6 is 0 Å². The molecule has 0 bridgehead atoms. The van der Waals surface area contributed by atoms with Crippen molar-refractivity contribution in [1.82, 2.24) is 0 Å². The van der Waals surface area contributed by atoms with E-state index in [2.05, 4.69) is 0 Å². The van der Waals surface area contributed by atoms with Gasteiger partial charge in [0.25, 0.3) is 0 Å². The second kappa shape index (κ2) is 81.8. The van der Waals surface area contributed by atoms with Crippen LogP contribution < -0.4 is 0 Å². The summed E-state index contributed by atoms with van der Waals surface area (Å²) in [4.78, 5) is 0. The Morgan fingerprint density at radius 1 is 0.500 bits per heavy atom. The molecule has 0 spiro atoms. The van der Waals surface area contributed by atoms with Gasteiger partial charge in [0.05, 0.1) is 0 Å². The maximum atomic E-state index is 8.52. The molecule has 0 aromatic rings. The Morgan fingerprint density at radius 2 is 0.500 bits per heavy atom. The van der Waals surface area contributed by atoms with Gasteiger partial charge in [-0.3, -0.25) is 8.42 Å². The van der Waals surface area contributed by atoms with Gasteiger partial charge in [0.2, 0.25) is 0 Å². The average molecular weight is 332 g/mol. The molecule has 0 radical (unpaired) electrons. The maximum absolute atomic E-state index is 8.52. The first-order valence-electron chi connectivity index (χ1n) is 0.667. The van der Waals surface area contributed by atoms with Gasteiger partial charge >= 0.3 is 17.1 Å². The van der Waals surface area contributed by atoms with E-state index in [1.165, 1.54) is 0 Å². The van der Waals surface area contributed by atoms with Crippen LogP contribution in [-0.2, 0) is 27.5 Å². The summed E-state index contributed by atoms with van der Waals surface area (Å²) in [5.74, 6) is 0. The molecule has 0 saturated heterocycles. The van der Waals surface area contributed by atoms with Crippen molar-refractivity contribution in [2.75, 3.05) is 0 Å². The van der Waals surface area contributed by atoms with E-state index < -0.39 is 10.4 Å². The summed E-state index contributed by atoms with van der Waals surface area (Å²) in [7, 11) is -5.17. The Bertz CT molecular complexity index is 93.9. The van der Waals surface area contributed by atoms with Crippen molar-refractivity contribution in [1.29, 1.82) is 0 Å². The standard InChI is InChI=1S/Fe.H2O4S.10H2O/c;1-5(2,3)4;;;;;;;;;;/h;(H2,1,2,3,4);10*1H2/q+2;;;;;;;;;;;/p-2. The Morgan fingerprint density at radius 3 is 0.500 bits per heavy atom. The first-order valence-corrected chi connectivity index (χ1v) is 2.00. The van der Waals surface area contributed by atoms with Crippen LogP contribution in [0.2, 0.25) is 0 Å². The monoisotopic (exact) mass is 332 g/mol. The molecule has 0 aromatic heterocycles. The van der Waals surface area contributed by atoms with Gasteiger partial charge in [-0.1, -0.05) is 0 Å². The van der Waals surface area contributed by atoms with Crippen LogP contribution in [0, 0.1) is 0 Å². The second-order valence-corrected chi connectivity index (χ2v) is 1.22. The van der Waals surface area contributed by atoms with Gasteiger partial charge < -0.3 is 63.9 Å². The van der Waals surface area contributed by atoms with Gasteiger partial charge in [-0.2, -0.15) is 0 Å². The molecule has 16 heteroatoms. The Hall–Kier alpha value is -0.0105. The third-order valence-corrected chi connectivity index (χ3v) is 0. The van der Waals surface area contributed by atoms with Crippen molar-refractivity contribution in [3.05, 3.63) is 0 Å². The topological polar surface area (TPSA) is 395 Å². The van der Waals surface area contributed by atoms with Gasteiger partial charge in [0.15, 0.2) is 0 Å². The molecule has 0 heterocycles. The fraction of sp³-hybridized carbons (Fsp3) is 0. The largest absolute Gasteiger partial charge is 2.00 e. The molecule has 0 saturated carbocycles. The van der Waals surface area contributed by atoms with Gasteiger partial charge in [-0.05, 0) is 0 Å². The minimum atomic E-state index is -5.17. The molecule has 16 heavy (non-hydrogen) atoms. The summed E-state index contributed by atoms with van der Waals surface area (Å²) in [5, 5.41) is 0. The summed E-state index contributed by atoms with van der Waals surface area (Å²) >= 11 is 0. The molecule has 0 amide bonds. The van der Waals surface area contributed by atoms with Crippen LogP contribution in [0.3, 0.4) is 0 Å². The van der Waals surface area contributed by atoms with Crippen molar-refractivity contribution in [3.8, 4) is 0 Å². The molecule has 20 N–H and O–H groups in total. The fourth-order valence-corrected chi connectivity index (χ4v) is 0. The van der Waals surface area contributed by atoms with E-state index in [9.17, 15) is 0 Å². The van der Waals surface area contributed by atoms with Gasteiger partial charge in [0, 0.05) is 10.4 Å². The van der Waals surface area contributed by atoms with Crippen molar-refractivity contribution in [3.63, 3.8) is 0 Å². The number of hydrogen-bond acceptors (Lipinski definition) is 4. The molecule has 0 unspecified atom stereocenters. The molecule has 14 nitrogen and oxygen atoms in total. The normalized spacial score (nSPS) is 3.62. The zero-order valence-electron chi connectivity index (χ0n) is 7.39. The van der Waals surface area contributed by atoms with Gasteiger partial charge in [-0.15, -0.1) is 0 Å². The first kappa shape index (κ1) is 226. The second-order valence-electron chi connectivity index (χ2n) is 0.408. The van der Waals surface area contributed by atoms with Gasteiger partial charge in [0.1, 0.15) is 0 Å². The molecular weight excluding hydrogens is 312 g/mol. The minimum absolute atomic E-state index is 0. The molecule has 118 valence electrons. The fourth-order valence-electron chi connectivity index (χ4n) is 0. The first-order chi connectivity index (χ1) is 2.00. The van der Waals surface area contributed by atoms with E-state index >= 15 is 0 Å². The van der Waals surface area contributed by atoms with Crippen LogP contribution in [-0.4, -0.2) is 72.3 Å². The van der Waals surface area contributed by atoms with Crippen molar-refractivity contribution in [2.45, 2.75) is 0 Å². The zero-order chi connectivity index (χ0) is 4.50. The summed E-state index contributed by atoms with van der Waals surface area (Å²) in [6, 6.07) is 0. The summed E-state index contributed by atoms with van der Waals surface area (Å²) in [6.45, 7) is 0. The SMILES string of the molecule is O.O.O.O.O.O.O.O.O.O.O=S(=O)([O-])[O-].[Fe+2]. The van der Waals surface area contributed by atoms with E-state index in [1.807, 2.05) is 0 Å². The Labute approximate surface area is 100 Å². The molecule has 0 aliphatic heterocycles. The molecule has 0 fully saturated rings. The molecule has 0 rings (SSSR count). The quantitative estimate of drug-likeness (QED) is 0.236. The van der Waals surface area contributed by atoms with Crippen LogP contribution in [0.15, 0.2) is 0 Å². The van der Waals surface area contributed by atoms with Crippen LogP contribution in [0.4, 0.5) is 0 Å².